The molecular formula is C22H30N2O4. The van der Waals surface area contributed by atoms with Gasteiger partial charge in [0.2, 0.25) is 11.8 Å². The van der Waals surface area contributed by atoms with E-state index in [1.165, 1.54) is 24.8 Å². The minimum Gasteiger partial charge on any atom is -0.396 e. The summed E-state index contributed by atoms with van der Waals surface area (Å²) in [6.07, 6.45) is 9.44. The molecule has 2 heterocycles. The number of nitrogens with zero attached hydrogens (tertiary/aromatic N) is 1. The van der Waals surface area contributed by atoms with Gasteiger partial charge in [0, 0.05) is 25.1 Å². The van der Waals surface area contributed by atoms with Gasteiger partial charge in [-0.05, 0) is 42.9 Å². The first-order valence-electron chi connectivity index (χ1n) is 10.5. The molecule has 152 valence electrons. The minimum absolute atomic E-state index is 0.102. The predicted octanol–water partition coefficient (Wildman–Crippen LogP) is 2.71. The standard InChI is InChI=1S/C22H30N2O4/c25-14-7-5-3-1-2-4-6-9-16-10-8-11-17-18(16)15-24(22(17)28)19-12-13-20(26)23-21(19)27/h8,10-11,19,25H,1-7,9,12-15H2,(H,23,26,27). The van der Waals surface area contributed by atoms with Gasteiger partial charge in [-0.3, -0.25) is 19.7 Å². The quantitative estimate of drug-likeness (QED) is 0.478. The fourth-order valence-electron chi connectivity index (χ4n) is 4.20. The lowest BCUT2D eigenvalue weighted by molar-refractivity contribution is -0.136. The van der Waals surface area contributed by atoms with Gasteiger partial charge < -0.3 is 10.0 Å². The lowest BCUT2D eigenvalue weighted by Gasteiger charge is -2.29. The largest absolute Gasteiger partial charge is 0.396 e. The summed E-state index contributed by atoms with van der Waals surface area (Å²) in [4.78, 5) is 38.0. The van der Waals surface area contributed by atoms with Crippen LogP contribution in [0.5, 0.6) is 0 Å². The molecule has 0 saturated carbocycles. The second-order valence-electron chi connectivity index (χ2n) is 7.79. The van der Waals surface area contributed by atoms with Gasteiger partial charge in [0.15, 0.2) is 0 Å². The zero-order chi connectivity index (χ0) is 19.9. The van der Waals surface area contributed by atoms with Crippen LogP contribution in [0.25, 0.3) is 0 Å². The third-order valence-electron chi connectivity index (χ3n) is 5.78. The van der Waals surface area contributed by atoms with E-state index in [1.807, 2.05) is 12.1 Å². The van der Waals surface area contributed by atoms with Crippen molar-refractivity contribution in [2.45, 2.75) is 76.8 Å². The maximum absolute atomic E-state index is 12.8. The summed E-state index contributed by atoms with van der Waals surface area (Å²) < 4.78 is 0. The number of rotatable bonds is 10. The van der Waals surface area contributed by atoms with Crippen molar-refractivity contribution in [2.75, 3.05) is 6.61 Å². The Kier molecular flexibility index (Phi) is 7.20. The number of benzene rings is 1. The number of hydrogen-bond acceptors (Lipinski definition) is 4. The summed E-state index contributed by atoms with van der Waals surface area (Å²) in [5, 5.41) is 11.1. The first-order valence-corrected chi connectivity index (χ1v) is 10.5. The Hall–Kier alpha value is -2.21. The van der Waals surface area contributed by atoms with Crippen LogP contribution >= 0.6 is 0 Å². The van der Waals surface area contributed by atoms with Gasteiger partial charge in [0.05, 0.1) is 0 Å². The van der Waals surface area contributed by atoms with Crippen LogP contribution in [0.4, 0.5) is 0 Å². The molecule has 1 unspecified atom stereocenters. The van der Waals surface area contributed by atoms with Crippen LogP contribution in [-0.2, 0) is 22.6 Å². The number of hydrogen-bond donors (Lipinski definition) is 2. The van der Waals surface area contributed by atoms with E-state index in [0.717, 1.165) is 37.7 Å². The Labute approximate surface area is 166 Å². The van der Waals surface area contributed by atoms with Crippen molar-refractivity contribution in [3.63, 3.8) is 0 Å². The second kappa shape index (κ2) is 9.82. The Morgan fingerprint density at radius 3 is 2.43 bits per heavy atom. The molecule has 6 heteroatoms. The molecule has 0 aliphatic carbocycles. The molecule has 0 bridgehead atoms. The fourth-order valence-corrected chi connectivity index (χ4v) is 4.20. The van der Waals surface area contributed by atoms with E-state index < -0.39 is 6.04 Å². The first-order chi connectivity index (χ1) is 13.6. The highest BCUT2D eigenvalue weighted by atomic mass is 16.3. The van der Waals surface area contributed by atoms with Crippen molar-refractivity contribution in [1.29, 1.82) is 0 Å². The smallest absolute Gasteiger partial charge is 0.255 e. The fraction of sp³-hybridized carbons (Fsp3) is 0.591. The molecule has 0 spiro atoms. The number of carbonyl (C=O) groups excluding carboxylic acids is 3. The SMILES string of the molecule is O=C1CCC(N2Cc3c(CCCCCCCCCO)cccc3C2=O)C(=O)N1. The van der Waals surface area contributed by atoms with Crippen LogP contribution < -0.4 is 5.32 Å². The molecule has 1 aromatic rings. The average molecular weight is 386 g/mol. The molecule has 0 radical (unpaired) electrons. The van der Waals surface area contributed by atoms with Crippen molar-refractivity contribution in [1.82, 2.24) is 10.2 Å². The second-order valence-corrected chi connectivity index (χ2v) is 7.79. The maximum atomic E-state index is 12.8. The number of aryl methyl sites for hydroxylation is 1. The van der Waals surface area contributed by atoms with Crippen LogP contribution in [0.2, 0.25) is 0 Å². The monoisotopic (exact) mass is 386 g/mol. The molecule has 28 heavy (non-hydrogen) atoms. The van der Waals surface area contributed by atoms with Crippen molar-refractivity contribution in [2.24, 2.45) is 0 Å². The van der Waals surface area contributed by atoms with Crippen LogP contribution in [0.3, 0.4) is 0 Å². The van der Waals surface area contributed by atoms with E-state index in [1.54, 1.807) is 4.90 Å². The number of nitrogens with one attached hydrogen (secondary N) is 1. The van der Waals surface area contributed by atoms with Gasteiger partial charge in [-0.1, -0.05) is 44.2 Å². The molecule has 1 aromatic carbocycles. The normalized spacial score (nSPS) is 19.1. The molecular weight excluding hydrogens is 356 g/mol. The molecule has 1 fully saturated rings. The summed E-state index contributed by atoms with van der Waals surface area (Å²) in [6, 6.07) is 5.30. The van der Waals surface area contributed by atoms with Crippen molar-refractivity contribution in [3.8, 4) is 0 Å². The van der Waals surface area contributed by atoms with E-state index in [-0.39, 0.29) is 30.7 Å². The molecule has 1 saturated heterocycles. The Balaban J connectivity index is 1.54. The number of imide groups is 1. The van der Waals surface area contributed by atoms with Crippen molar-refractivity contribution >= 4 is 17.7 Å². The van der Waals surface area contributed by atoms with Gasteiger partial charge in [-0.2, -0.15) is 0 Å². The zero-order valence-corrected chi connectivity index (χ0v) is 16.4. The number of amides is 3. The molecule has 6 nitrogen and oxygen atoms in total. The third-order valence-corrected chi connectivity index (χ3v) is 5.78. The lowest BCUT2D eigenvalue weighted by Crippen LogP contribution is -2.52. The molecule has 3 rings (SSSR count). The molecule has 2 aliphatic heterocycles. The summed E-state index contributed by atoms with van der Waals surface area (Å²) in [7, 11) is 0. The molecule has 2 aliphatic rings. The molecule has 0 aromatic heterocycles. The number of fused-ring (bicyclic) bond motifs is 1. The van der Waals surface area contributed by atoms with Gasteiger partial charge in [0.25, 0.3) is 5.91 Å². The maximum Gasteiger partial charge on any atom is 0.255 e. The Morgan fingerprint density at radius 2 is 1.71 bits per heavy atom. The van der Waals surface area contributed by atoms with E-state index in [9.17, 15) is 14.4 Å². The van der Waals surface area contributed by atoms with E-state index in [2.05, 4.69) is 11.4 Å². The van der Waals surface area contributed by atoms with Crippen LogP contribution in [0.1, 0.15) is 79.3 Å². The number of unbranched alkanes of at least 4 members (excludes halogenated alkanes) is 6. The van der Waals surface area contributed by atoms with Gasteiger partial charge in [0.1, 0.15) is 6.04 Å². The number of aliphatic hydroxyl groups excluding tert-OH is 1. The highest BCUT2D eigenvalue weighted by Gasteiger charge is 2.39. The summed E-state index contributed by atoms with van der Waals surface area (Å²) in [5.74, 6) is -0.724. The van der Waals surface area contributed by atoms with E-state index in [0.29, 0.717) is 18.5 Å². The van der Waals surface area contributed by atoms with Gasteiger partial charge in [-0.25, -0.2) is 0 Å². The summed E-state index contributed by atoms with van der Waals surface area (Å²) in [5.41, 5.74) is 2.94. The Bertz CT molecular complexity index is 731. The highest BCUT2D eigenvalue weighted by molar-refractivity contribution is 6.05. The topological polar surface area (TPSA) is 86.7 Å². The zero-order valence-electron chi connectivity index (χ0n) is 16.4. The van der Waals surface area contributed by atoms with Crippen LogP contribution in [0.15, 0.2) is 18.2 Å². The molecule has 1 atom stereocenters. The third kappa shape index (κ3) is 4.79. The lowest BCUT2D eigenvalue weighted by atomic mass is 9.98. The van der Waals surface area contributed by atoms with Gasteiger partial charge in [-0.15, -0.1) is 0 Å². The molecule has 2 N–H and O–H groups in total. The summed E-state index contributed by atoms with van der Waals surface area (Å²) in [6.45, 7) is 0.742. The number of carbonyl (C=O) groups is 3. The molecule has 3 amide bonds. The van der Waals surface area contributed by atoms with Crippen LogP contribution in [-0.4, -0.2) is 40.4 Å². The number of aliphatic hydroxyl groups is 1. The van der Waals surface area contributed by atoms with Gasteiger partial charge >= 0.3 is 0 Å². The van der Waals surface area contributed by atoms with E-state index in [4.69, 9.17) is 5.11 Å². The van der Waals surface area contributed by atoms with Crippen LogP contribution in [0, 0.1) is 0 Å². The minimum atomic E-state index is -0.552. The predicted molar refractivity (Wildman–Crippen MR) is 106 cm³/mol. The van der Waals surface area contributed by atoms with Crippen molar-refractivity contribution in [3.05, 3.63) is 34.9 Å². The first kappa shape index (κ1) is 20.5. The van der Waals surface area contributed by atoms with Crippen molar-refractivity contribution < 1.29 is 19.5 Å². The van der Waals surface area contributed by atoms with E-state index >= 15 is 0 Å². The Morgan fingerprint density at radius 1 is 1.00 bits per heavy atom. The summed E-state index contributed by atoms with van der Waals surface area (Å²) >= 11 is 0. The number of piperidine rings is 1. The highest BCUT2D eigenvalue weighted by Crippen LogP contribution is 2.30. The average Bonchev–Trinajstić information content (AvgIpc) is 3.01.